The Balaban J connectivity index is 2.24. The molecule has 0 spiro atoms. The Kier molecular flexibility index (Phi) is 4.15. The number of aromatic nitrogens is 1. The summed E-state index contributed by atoms with van der Waals surface area (Å²) >= 11 is 0. The van der Waals surface area contributed by atoms with E-state index in [2.05, 4.69) is 45.0 Å². The van der Waals surface area contributed by atoms with Crippen LogP contribution in [0.5, 0.6) is 0 Å². The van der Waals surface area contributed by atoms with E-state index in [9.17, 15) is 9.90 Å². The number of rotatable bonds is 3. The van der Waals surface area contributed by atoms with Crippen LogP contribution in [0.4, 0.5) is 0 Å². The molecule has 4 aromatic rings. The van der Waals surface area contributed by atoms with E-state index >= 15 is 0 Å². The Morgan fingerprint density at radius 3 is 1.78 bits per heavy atom. The van der Waals surface area contributed by atoms with Gasteiger partial charge >= 0.3 is 5.97 Å². The summed E-state index contributed by atoms with van der Waals surface area (Å²) in [5.74, 6) is -0.842. The number of aryl methyl sites for hydroxylation is 3. The molecule has 0 bridgehead atoms. The van der Waals surface area contributed by atoms with Crippen LogP contribution in [-0.4, -0.2) is 11.1 Å². The quantitative estimate of drug-likeness (QED) is 0.416. The second kappa shape index (κ2) is 6.51. The number of benzene rings is 3. The lowest BCUT2D eigenvalue weighted by Crippen LogP contribution is -2.39. The number of carbonyl (C=O) groups is 1. The highest BCUT2D eigenvalue weighted by molar-refractivity contribution is 6.08. The van der Waals surface area contributed by atoms with Crippen LogP contribution in [0.25, 0.3) is 32.9 Å². The molecular weight excluding hydrogens is 334 g/mol. The lowest BCUT2D eigenvalue weighted by molar-refractivity contribution is -0.633. The van der Waals surface area contributed by atoms with Crippen LogP contribution < -0.4 is 4.57 Å². The van der Waals surface area contributed by atoms with Crippen molar-refractivity contribution in [1.29, 1.82) is 0 Å². The predicted octanol–water partition coefficient (Wildman–Crippen LogP) is 4.96. The van der Waals surface area contributed by atoms with Crippen molar-refractivity contribution in [3.05, 3.63) is 77.4 Å². The van der Waals surface area contributed by atoms with Crippen molar-refractivity contribution >= 4 is 27.8 Å². The molecule has 1 aromatic heterocycles. The van der Waals surface area contributed by atoms with E-state index in [1.165, 1.54) is 27.8 Å². The zero-order valence-electron chi connectivity index (χ0n) is 15.8. The smallest absolute Gasteiger partial charge is 0.370 e. The highest BCUT2D eigenvalue weighted by Crippen LogP contribution is 2.38. The lowest BCUT2D eigenvalue weighted by atomic mass is 9.89. The fraction of sp³-hybridized carbons (Fsp3) is 0.167. The topological polar surface area (TPSA) is 41.2 Å². The third-order valence-electron chi connectivity index (χ3n) is 5.15. The van der Waals surface area contributed by atoms with Gasteiger partial charge in [0.1, 0.15) is 0 Å². The van der Waals surface area contributed by atoms with E-state index in [1.54, 1.807) is 0 Å². The van der Waals surface area contributed by atoms with Crippen molar-refractivity contribution in [2.24, 2.45) is 0 Å². The molecule has 1 N–H and O–H groups in total. The minimum atomic E-state index is -0.842. The predicted molar refractivity (Wildman–Crippen MR) is 109 cm³/mol. The van der Waals surface area contributed by atoms with E-state index in [0.717, 1.165) is 21.8 Å². The van der Waals surface area contributed by atoms with E-state index < -0.39 is 5.97 Å². The number of hydrogen-bond donors (Lipinski definition) is 1. The molecule has 0 amide bonds. The van der Waals surface area contributed by atoms with Crippen LogP contribution in [0, 0.1) is 20.8 Å². The first-order valence-electron chi connectivity index (χ1n) is 9.10. The second-order valence-electron chi connectivity index (χ2n) is 7.16. The fourth-order valence-electron chi connectivity index (χ4n) is 4.26. The number of fused-ring (bicyclic) bond motifs is 2. The molecule has 134 valence electrons. The average molecular weight is 356 g/mol. The first kappa shape index (κ1) is 17.2. The third kappa shape index (κ3) is 2.85. The minimum absolute atomic E-state index is 0.0623. The maximum absolute atomic E-state index is 11.5. The molecule has 0 radical (unpaired) electrons. The van der Waals surface area contributed by atoms with Crippen LogP contribution in [0.1, 0.15) is 16.7 Å². The fourth-order valence-corrected chi connectivity index (χ4v) is 4.26. The highest BCUT2D eigenvalue weighted by atomic mass is 16.4. The van der Waals surface area contributed by atoms with E-state index in [4.69, 9.17) is 0 Å². The maximum atomic E-state index is 11.5. The molecule has 0 fully saturated rings. The van der Waals surface area contributed by atoms with Gasteiger partial charge in [0.25, 0.3) is 0 Å². The number of nitrogens with zero attached hydrogens (tertiary/aromatic N) is 1. The van der Waals surface area contributed by atoms with Crippen molar-refractivity contribution in [2.75, 3.05) is 0 Å². The van der Waals surface area contributed by atoms with E-state index in [-0.39, 0.29) is 6.54 Å². The van der Waals surface area contributed by atoms with E-state index in [1.807, 2.05) is 41.0 Å². The van der Waals surface area contributed by atoms with Crippen LogP contribution in [0.15, 0.2) is 60.7 Å². The molecule has 4 rings (SSSR count). The normalized spacial score (nSPS) is 11.2. The maximum Gasteiger partial charge on any atom is 0.370 e. The summed E-state index contributed by atoms with van der Waals surface area (Å²) in [6.07, 6.45) is 0. The number of hydrogen-bond acceptors (Lipinski definition) is 1. The molecule has 0 saturated carbocycles. The van der Waals surface area contributed by atoms with Crippen molar-refractivity contribution in [2.45, 2.75) is 27.3 Å². The number of carboxylic acids is 1. The first-order valence-corrected chi connectivity index (χ1v) is 9.10. The monoisotopic (exact) mass is 356 g/mol. The molecule has 0 aliphatic heterocycles. The summed E-state index contributed by atoms with van der Waals surface area (Å²) < 4.78 is 1.90. The molecule has 3 heteroatoms. The van der Waals surface area contributed by atoms with Gasteiger partial charge in [-0.05, 0) is 49.6 Å². The van der Waals surface area contributed by atoms with Gasteiger partial charge in [-0.25, -0.2) is 4.79 Å². The summed E-state index contributed by atoms with van der Waals surface area (Å²) in [7, 11) is 0. The standard InChI is InChI=1S/C24H21NO2/c1-15-12-16(2)23(17(3)13-15)24-18-8-4-6-10-20(18)25(14-22(26)27)21-11-7-5-9-19(21)24/h4-13H,14H2,1-3H3/p+1. The molecule has 0 aliphatic rings. The highest BCUT2D eigenvalue weighted by Gasteiger charge is 2.24. The van der Waals surface area contributed by atoms with Gasteiger partial charge in [0, 0.05) is 17.7 Å². The second-order valence-corrected chi connectivity index (χ2v) is 7.16. The van der Waals surface area contributed by atoms with Gasteiger partial charge in [-0.15, -0.1) is 0 Å². The zero-order valence-corrected chi connectivity index (χ0v) is 15.8. The van der Waals surface area contributed by atoms with Crippen LogP contribution in [0.2, 0.25) is 0 Å². The molecule has 3 aromatic carbocycles. The summed E-state index contributed by atoms with van der Waals surface area (Å²) in [6.45, 7) is 6.35. The lowest BCUT2D eigenvalue weighted by Gasteiger charge is -2.16. The molecule has 0 unspecified atom stereocenters. The molecule has 3 nitrogen and oxygen atoms in total. The molecular formula is C24H22NO2+. The van der Waals surface area contributed by atoms with Crippen molar-refractivity contribution < 1.29 is 14.5 Å². The van der Waals surface area contributed by atoms with Crippen LogP contribution in [0.3, 0.4) is 0 Å². The molecule has 27 heavy (non-hydrogen) atoms. The third-order valence-corrected chi connectivity index (χ3v) is 5.15. The van der Waals surface area contributed by atoms with Gasteiger partial charge in [0.05, 0.1) is 10.8 Å². The molecule has 0 saturated heterocycles. The molecule has 1 heterocycles. The van der Waals surface area contributed by atoms with Crippen molar-refractivity contribution in [3.8, 4) is 11.1 Å². The van der Waals surface area contributed by atoms with Gasteiger partial charge in [-0.1, -0.05) is 42.0 Å². The SMILES string of the molecule is Cc1cc(C)c(-c2c3ccccc3[n+](CC(=O)O)c3ccccc23)c(C)c1. The Bertz CT molecular complexity index is 1130. The van der Waals surface area contributed by atoms with Crippen molar-refractivity contribution in [3.63, 3.8) is 0 Å². The number of para-hydroxylation sites is 2. The Hall–Kier alpha value is -3.20. The molecule has 0 aliphatic carbocycles. The average Bonchev–Trinajstić information content (AvgIpc) is 2.62. The Morgan fingerprint density at radius 1 is 0.815 bits per heavy atom. The number of aliphatic carboxylic acids is 1. The minimum Gasteiger partial charge on any atom is -0.477 e. The molecule has 0 atom stereocenters. The van der Waals surface area contributed by atoms with Gasteiger partial charge in [-0.3, -0.25) is 0 Å². The number of pyridine rings is 1. The summed E-state index contributed by atoms with van der Waals surface area (Å²) in [6, 6.07) is 20.6. The van der Waals surface area contributed by atoms with Gasteiger partial charge < -0.3 is 5.11 Å². The van der Waals surface area contributed by atoms with Gasteiger partial charge in [0.2, 0.25) is 17.6 Å². The Labute approximate surface area is 158 Å². The van der Waals surface area contributed by atoms with E-state index in [0.29, 0.717) is 0 Å². The first-order chi connectivity index (χ1) is 13.0. The Morgan fingerprint density at radius 2 is 1.30 bits per heavy atom. The summed E-state index contributed by atoms with van der Waals surface area (Å²) in [5.41, 5.74) is 8.01. The number of carboxylic acid groups (broad SMARTS) is 1. The largest absolute Gasteiger partial charge is 0.477 e. The van der Waals surface area contributed by atoms with Crippen molar-refractivity contribution in [1.82, 2.24) is 0 Å². The van der Waals surface area contributed by atoms with Crippen LogP contribution in [-0.2, 0) is 11.3 Å². The van der Waals surface area contributed by atoms with Crippen LogP contribution >= 0.6 is 0 Å². The van der Waals surface area contributed by atoms with Gasteiger partial charge in [0.15, 0.2) is 0 Å². The van der Waals surface area contributed by atoms with Gasteiger partial charge in [-0.2, -0.15) is 4.57 Å². The summed E-state index contributed by atoms with van der Waals surface area (Å²) in [4.78, 5) is 11.5. The zero-order chi connectivity index (χ0) is 19.1. The summed E-state index contributed by atoms with van der Waals surface area (Å²) in [5, 5.41) is 11.6.